The Hall–Kier alpha value is -0.300. The molecule has 0 aliphatic heterocycles. The summed E-state index contributed by atoms with van der Waals surface area (Å²) in [4.78, 5) is 0. The fourth-order valence-electron chi connectivity index (χ4n) is 10.9. The summed E-state index contributed by atoms with van der Waals surface area (Å²) < 4.78 is 0. The Morgan fingerprint density at radius 1 is 0.909 bits per heavy atom. The second-order valence-corrected chi connectivity index (χ2v) is 15.3. The Bertz CT molecular complexity index is 771. The predicted molar refractivity (Wildman–Crippen MR) is 142 cm³/mol. The van der Waals surface area contributed by atoms with Crippen molar-refractivity contribution in [3.8, 4) is 0 Å². The molecule has 4 unspecified atom stereocenters. The van der Waals surface area contributed by atoms with Gasteiger partial charge in [0.2, 0.25) is 0 Å². The van der Waals surface area contributed by atoms with E-state index in [1.54, 1.807) is 0 Å². The molecular formula is C32H56O. The van der Waals surface area contributed by atoms with E-state index in [1.165, 1.54) is 50.5 Å². The number of aliphatic hydroxyl groups is 1. The molecular weight excluding hydrogens is 400 g/mol. The molecule has 0 bridgehead atoms. The summed E-state index contributed by atoms with van der Waals surface area (Å²) in [6.07, 6.45) is 13.8. The van der Waals surface area contributed by atoms with Gasteiger partial charge in [0.1, 0.15) is 0 Å². The molecule has 190 valence electrons. The van der Waals surface area contributed by atoms with Crippen molar-refractivity contribution < 1.29 is 5.11 Å². The molecule has 0 amide bonds. The summed E-state index contributed by atoms with van der Waals surface area (Å²) in [6.45, 7) is 24.9. The monoisotopic (exact) mass is 456 g/mol. The van der Waals surface area contributed by atoms with Crippen molar-refractivity contribution >= 4 is 0 Å². The SMILES string of the molecule is CC(C)=CCC[C@](C)(O)C1CC[C@]2(C)C1[C@H](C)CC1[C@@]3(C)CC[C@H](C)C(C)(C)C3CC[C@]12C. The van der Waals surface area contributed by atoms with E-state index < -0.39 is 5.60 Å². The van der Waals surface area contributed by atoms with Crippen LogP contribution >= 0.6 is 0 Å². The summed E-state index contributed by atoms with van der Waals surface area (Å²) in [7, 11) is 0. The number of rotatable bonds is 4. The second kappa shape index (κ2) is 8.11. The molecule has 1 nitrogen and oxygen atoms in total. The molecule has 0 heterocycles. The average molecular weight is 457 g/mol. The van der Waals surface area contributed by atoms with Crippen molar-refractivity contribution in [2.24, 2.45) is 57.2 Å². The Morgan fingerprint density at radius 2 is 1.55 bits per heavy atom. The topological polar surface area (TPSA) is 20.2 Å². The van der Waals surface area contributed by atoms with Crippen LogP contribution in [-0.2, 0) is 0 Å². The first-order valence-electron chi connectivity index (χ1n) is 14.5. The van der Waals surface area contributed by atoms with Crippen molar-refractivity contribution in [2.45, 2.75) is 133 Å². The molecule has 1 N–H and O–H groups in total. The van der Waals surface area contributed by atoms with E-state index >= 15 is 0 Å². The summed E-state index contributed by atoms with van der Waals surface area (Å²) in [5.41, 5.74) is 2.55. The molecule has 0 aromatic carbocycles. The molecule has 0 radical (unpaired) electrons. The van der Waals surface area contributed by atoms with Gasteiger partial charge in [0, 0.05) is 0 Å². The minimum absolute atomic E-state index is 0.363. The molecule has 4 fully saturated rings. The van der Waals surface area contributed by atoms with Crippen LogP contribution in [0.4, 0.5) is 0 Å². The van der Waals surface area contributed by atoms with E-state index in [2.05, 4.69) is 75.3 Å². The quantitative estimate of drug-likeness (QED) is 0.418. The van der Waals surface area contributed by atoms with E-state index in [4.69, 9.17) is 0 Å². The summed E-state index contributed by atoms with van der Waals surface area (Å²) in [5.74, 6) is 4.37. The molecule has 33 heavy (non-hydrogen) atoms. The molecule has 4 aliphatic carbocycles. The third kappa shape index (κ3) is 3.64. The first kappa shape index (κ1) is 25.8. The Labute approximate surface area is 206 Å². The van der Waals surface area contributed by atoms with Crippen molar-refractivity contribution in [2.75, 3.05) is 0 Å². The van der Waals surface area contributed by atoms with Crippen LogP contribution in [0, 0.1) is 57.2 Å². The van der Waals surface area contributed by atoms with Gasteiger partial charge < -0.3 is 5.11 Å². The van der Waals surface area contributed by atoms with Gasteiger partial charge in [0.15, 0.2) is 0 Å². The van der Waals surface area contributed by atoms with Crippen molar-refractivity contribution in [1.29, 1.82) is 0 Å². The minimum Gasteiger partial charge on any atom is -0.390 e. The van der Waals surface area contributed by atoms with Crippen LogP contribution in [-0.4, -0.2) is 10.7 Å². The van der Waals surface area contributed by atoms with Gasteiger partial charge in [0.05, 0.1) is 5.60 Å². The van der Waals surface area contributed by atoms with Gasteiger partial charge in [-0.1, -0.05) is 60.1 Å². The Morgan fingerprint density at radius 3 is 2.18 bits per heavy atom. The maximum Gasteiger partial charge on any atom is 0.0653 e. The highest BCUT2D eigenvalue weighted by Crippen LogP contribution is 2.77. The minimum atomic E-state index is -0.546. The van der Waals surface area contributed by atoms with E-state index in [0.717, 1.165) is 30.6 Å². The molecule has 1 heteroatoms. The molecule has 4 saturated carbocycles. The van der Waals surface area contributed by atoms with Gasteiger partial charge in [-0.3, -0.25) is 0 Å². The maximum absolute atomic E-state index is 11.8. The fraction of sp³-hybridized carbons (Fsp3) is 0.938. The van der Waals surface area contributed by atoms with Gasteiger partial charge in [-0.05, 0) is 136 Å². The van der Waals surface area contributed by atoms with Gasteiger partial charge in [-0.15, -0.1) is 0 Å². The fourth-order valence-corrected chi connectivity index (χ4v) is 10.9. The lowest BCUT2D eigenvalue weighted by Gasteiger charge is -2.71. The highest BCUT2D eigenvalue weighted by atomic mass is 16.3. The first-order chi connectivity index (χ1) is 15.1. The third-order valence-electron chi connectivity index (χ3n) is 13.3. The highest BCUT2D eigenvalue weighted by molar-refractivity contribution is 5.19. The molecule has 10 atom stereocenters. The van der Waals surface area contributed by atoms with E-state index in [1.807, 2.05) is 0 Å². The molecule has 0 saturated heterocycles. The Kier molecular flexibility index (Phi) is 6.34. The van der Waals surface area contributed by atoms with Crippen LogP contribution in [0.1, 0.15) is 127 Å². The largest absolute Gasteiger partial charge is 0.390 e. The average Bonchev–Trinajstić information content (AvgIpc) is 3.08. The van der Waals surface area contributed by atoms with Crippen LogP contribution in [0.25, 0.3) is 0 Å². The van der Waals surface area contributed by atoms with Gasteiger partial charge in [0.25, 0.3) is 0 Å². The summed E-state index contributed by atoms with van der Waals surface area (Å²) >= 11 is 0. The van der Waals surface area contributed by atoms with E-state index in [9.17, 15) is 5.11 Å². The summed E-state index contributed by atoms with van der Waals surface area (Å²) in [5, 5.41) is 11.8. The Balaban J connectivity index is 1.66. The first-order valence-corrected chi connectivity index (χ1v) is 14.5. The van der Waals surface area contributed by atoms with Crippen LogP contribution in [0.2, 0.25) is 0 Å². The number of fused-ring (bicyclic) bond motifs is 5. The lowest BCUT2D eigenvalue weighted by molar-refractivity contribution is -0.228. The number of hydrogen-bond donors (Lipinski definition) is 1. The van der Waals surface area contributed by atoms with E-state index in [-0.39, 0.29) is 0 Å². The molecule has 4 rings (SSSR count). The smallest absolute Gasteiger partial charge is 0.0653 e. The molecule has 4 aliphatic rings. The zero-order valence-corrected chi connectivity index (χ0v) is 23.9. The van der Waals surface area contributed by atoms with Gasteiger partial charge >= 0.3 is 0 Å². The lowest BCUT2D eigenvalue weighted by atomic mass is 9.34. The highest BCUT2D eigenvalue weighted by Gasteiger charge is 2.70. The molecule has 0 aromatic heterocycles. The van der Waals surface area contributed by atoms with Crippen LogP contribution in [0.15, 0.2) is 11.6 Å². The van der Waals surface area contributed by atoms with Crippen LogP contribution in [0.3, 0.4) is 0 Å². The standard InChI is InChI=1S/C32H56O/c1-21(2)12-11-16-32(10,33)24-14-18-31(9)27(24)22(3)20-26-29(7)17-13-23(4)28(5,6)25(29)15-19-30(26,31)8/h12,22-27,33H,11,13-20H2,1-10H3/t22-,23+,24?,25?,26?,27?,29+,30-,31-,32+/m1/s1. The lowest BCUT2D eigenvalue weighted by Crippen LogP contribution is -2.64. The van der Waals surface area contributed by atoms with Crippen molar-refractivity contribution in [3.05, 3.63) is 11.6 Å². The zero-order chi connectivity index (χ0) is 24.6. The zero-order valence-electron chi connectivity index (χ0n) is 23.9. The van der Waals surface area contributed by atoms with Crippen molar-refractivity contribution in [1.82, 2.24) is 0 Å². The number of hydrogen-bond acceptors (Lipinski definition) is 1. The summed E-state index contributed by atoms with van der Waals surface area (Å²) in [6, 6.07) is 0. The van der Waals surface area contributed by atoms with Crippen LogP contribution in [0.5, 0.6) is 0 Å². The third-order valence-corrected chi connectivity index (χ3v) is 13.3. The normalized spacial score (nSPS) is 50.5. The van der Waals surface area contributed by atoms with Crippen LogP contribution < -0.4 is 0 Å². The maximum atomic E-state index is 11.8. The second-order valence-electron chi connectivity index (χ2n) is 15.3. The molecule has 0 aromatic rings. The van der Waals surface area contributed by atoms with E-state index in [0.29, 0.717) is 39.4 Å². The number of allylic oxidation sites excluding steroid dienone is 2. The van der Waals surface area contributed by atoms with Gasteiger partial charge in [-0.2, -0.15) is 0 Å². The van der Waals surface area contributed by atoms with Crippen molar-refractivity contribution in [3.63, 3.8) is 0 Å². The predicted octanol–water partition coefficient (Wildman–Crippen LogP) is 9.05. The molecule has 0 spiro atoms. The van der Waals surface area contributed by atoms with Gasteiger partial charge in [-0.25, -0.2) is 0 Å².